The molecule has 0 aliphatic carbocycles. The van der Waals surface area contributed by atoms with Crippen molar-refractivity contribution in [1.82, 2.24) is 9.97 Å². The molecule has 0 saturated carbocycles. The van der Waals surface area contributed by atoms with E-state index in [0.717, 1.165) is 0 Å². The van der Waals surface area contributed by atoms with Crippen LogP contribution in [-0.4, -0.2) is 29.0 Å². The van der Waals surface area contributed by atoms with Crippen molar-refractivity contribution in [3.05, 3.63) is 81.2 Å². The zero-order valence-corrected chi connectivity index (χ0v) is 14.9. The molecule has 1 aromatic heterocycles. The standard InChI is InChI=1S/C19H14ClN3O4/c1-27-19(26)12-3-2-4-14(9-12)22-17(24)15-10-21-16(23-18(15)25)11-5-7-13(20)8-6-11/h2-10H,1H3,(H,22,24)(H,21,23,25). The minimum absolute atomic E-state index is 0.156. The van der Waals surface area contributed by atoms with E-state index in [4.69, 9.17) is 11.6 Å². The van der Waals surface area contributed by atoms with Crippen LogP contribution in [-0.2, 0) is 4.74 Å². The quantitative estimate of drug-likeness (QED) is 0.674. The monoisotopic (exact) mass is 383 g/mol. The van der Waals surface area contributed by atoms with E-state index in [0.29, 0.717) is 22.1 Å². The number of aromatic amines is 1. The molecule has 2 N–H and O–H groups in total. The van der Waals surface area contributed by atoms with Gasteiger partial charge < -0.3 is 15.0 Å². The molecule has 0 atom stereocenters. The number of carbonyl (C=O) groups is 2. The van der Waals surface area contributed by atoms with E-state index < -0.39 is 17.4 Å². The number of benzene rings is 2. The summed E-state index contributed by atoms with van der Waals surface area (Å²) in [5.41, 5.74) is 0.548. The molecule has 0 aliphatic rings. The summed E-state index contributed by atoms with van der Waals surface area (Å²) >= 11 is 5.84. The predicted octanol–water partition coefficient (Wildman–Crippen LogP) is 3.13. The Bertz CT molecular complexity index is 1060. The van der Waals surface area contributed by atoms with Gasteiger partial charge in [0.25, 0.3) is 11.5 Å². The molecule has 3 rings (SSSR count). The summed E-state index contributed by atoms with van der Waals surface area (Å²) in [4.78, 5) is 42.9. The first-order valence-electron chi connectivity index (χ1n) is 7.83. The second kappa shape index (κ2) is 7.84. The Hall–Kier alpha value is -3.45. The molecule has 7 nitrogen and oxygen atoms in total. The van der Waals surface area contributed by atoms with Crippen molar-refractivity contribution >= 4 is 29.2 Å². The predicted molar refractivity (Wildman–Crippen MR) is 101 cm³/mol. The number of methoxy groups -OCH3 is 1. The van der Waals surface area contributed by atoms with E-state index in [1.54, 1.807) is 42.5 Å². The zero-order valence-electron chi connectivity index (χ0n) is 14.2. The first kappa shape index (κ1) is 18.3. The lowest BCUT2D eigenvalue weighted by atomic mass is 10.2. The molecular weight excluding hydrogens is 370 g/mol. The van der Waals surface area contributed by atoms with Gasteiger partial charge in [0.2, 0.25) is 0 Å². The number of amides is 1. The summed E-state index contributed by atoms with van der Waals surface area (Å²) in [5.74, 6) is -0.854. The van der Waals surface area contributed by atoms with E-state index in [9.17, 15) is 14.4 Å². The Morgan fingerprint density at radius 3 is 2.56 bits per heavy atom. The number of carbonyl (C=O) groups excluding carboxylic acids is 2. The third kappa shape index (κ3) is 4.21. The molecule has 0 saturated heterocycles. The fraction of sp³-hybridized carbons (Fsp3) is 0.0526. The van der Waals surface area contributed by atoms with E-state index in [2.05, 4.69) is 20.0 Å². The van der Waals surface area contributed by atoms with Crippen LogP contribution in [0.5, 0.6) is 0 Å². The van der Waals surface area contributed by atoms with Crippen molar-refractivity contribution in [2.24, 2.45) is 0 Å². The second-order valence-electron chi connectivity index (χ2n) is 5.51. The van der Waals surface area contributed by atoms with E-state index >= 15 is 0 Å². The van der Waals surface area contributed by atoms with Crippen LogP contribution in [0, 0.1) is 0 Å². The summed E-state index contributed by atoms with van der Waals surface area (Å²) in [6.07, 6.45) is 1.20. The third-order valence-electron chi connectivity index (χ3n) is 3.70. The molecule has 27 heavy (non-hydrogen) atoms. The maximum Gasteiger partial charge on any atom is 0.337 e. The Morgan fingerprint density at radius 2 is 1.89 bits per heavy atom. The first-order chi connectivity index (χ1) is 13.0. The van der Waals surface area contributed by atoms with Crippen molar-refractivity contribution in [2.45, 2.75) is 0 Å². The van der Waals surface area contributed by atoms with Crippen molar-refractivity contribution in [1.29, 1.82) is 0 Å². The SMILES string of the molecule is COC(=O)c1cccc(NC(=O)c2cnc(-c3ccc(Cl)cc3)[nH]c2=O)c1. The molecule has 1 amide bonds. The van der Waals surface area contributed by atoms with Crippen LogP contribution in [0.3, 0.4) is 0 Å². The average Bonchev–Trinajstić information content (AvgIpc) is 2.68. The highest BCUT2D eigenvalue weighted by Crippen LogP contribution is 2.17. The van der Waals surface area contributed by atoms with Gasteiger partial charge in [-0.2, -0.15) is 0 Å². The molecule has 8 heteroatoms. The minimum atomic E-state index is -0.645. The van der Waals surface area contributed by atoms with E-state index in [1.165, 1.54) is 19.4 Å². The van der Waals surface area contributed by atoms with Crippen molar-refractivity contribution in [3.8, 4) is 11.4 Å². The van der Waals surface area contributed by atoms with Crippen LogP contribution in [0.1, 0.15) is 20.7 Å². The van der Waals surface area contributed by atoms with Gasteiger partial charge in [0, 0.05) is 22.5 Å². The van der Waals surface area contributed by atoms with Gasteiger partial charge in [-0.05, 0) is 42.5 Å². The van der Waals surface area contributed by atoms with Gasteiger partial charge in [-0.1, -0.05) is 17.7 Å². The zero-order chi connectivity index (χ0) is 19.4. The summed E-state index contributed by atoms with van der Waals surface area (Å²) in [7, 11) is 1.26. The molecule has 2 aromatic carbocycles. The van der Waals surface area contributed by atoms with Gasteiger partial charge in [-0.3, -0.25) is 9.59 Å². The van der Waals surface area contributed by atoms with Gasteiger partial charge in [0.1, 0.15) is 11.4 Å². The Morgan fingerprint density at radius 1 is 1.15 bits per heavy atom. The fourth-order valence-electron chi connectivity index (χ4n) is 2.35. The van der Waals surface area contributed by atoms with Gasteiger partial charge in [-0.25, -0.2) is 9.78 Å². The van der Waals surface area contributed by atoms with Crippen molar-refractivity contribution in [3.63, 3.8) is 0 Å². The number of rotatable bonds is 4. The molecule has 1 heterocycles. The number of aromatic nitrogens is 2. The molecular formula is C19H14ClN3O4. The number of hydrogen-bond donors (Lipinski definition) is 2. The lowest BCUT2D eigenvalue weighted by Gasteiger charge is -2.07. The Labute approximate surface area is 159 Å². The molecule has 0 aliphatic heterocycles. The highest BCUT2D eigenvalue weighted by Gasteiger charge is 2.14. The number of nitrogens with one attached hydrogen (secondary N) is 2. The molecule has 0 fully saturated rings. The van der Waals surface area contributed by atoms with Gasteiger partial charge in [-0.15, -0.1) is 0 Å². The Kier molecular flexibility index (Phi) is 5.33. The maximum atomic E-state index is 12.4. The molecule has 136 valence electrons. The molecule has 3 aromatic rings. The van der Waals surface area contributed by atoms with Crippen LogP contribution in [0.4, 0.5) is 5.69 Å². The number of ether oxygens (including phenoxy) is 1. The van der Waals surface area contributed by atoms with E-state index in [1.807, 2.05) is 0 Å². The summed E-state index contributed by atoms with van der Waals surface area (Å²) < 4.78 is 4.64. The number of halogens is 1. The van der Waals surface area contributed by atoms with Crippen molar-refractivity contribution < 1.29 is 14.3 Å². The summed E-state index contributed by atoms with van der Waals surface area (Å²) in [5, 5.41) is 3.12. The minimum Gasteiger partial charge on any atom is -0.465 e. The van der Waals surface area contributed by atoms with Gasteiger partial charge >= 0.3 is 5.97 Å². The smallest absolute Gasteiger partial charge is 0.337 e. The first-order valence-corrected chi connectivity index (χ1v) is 8.20. The number of esters is 1. The average molecular weight is 384 g/mol. The van der Waals surface area contributed by atoms with Gasteiger partial charge in [0.05, 0.1) is 12.7 Å². The topological polar surface area (TPSA) is 101 Å². The number of hydrogen-bond acceptors (Lipinski definition) is 5. The molecule has 0 bridgehead atoms. The van der Waals surface area contributed by atoms with Gasteiger partial charge in [0.15, 0.2) is 0 Å². The summed E-state index contributed by atoms with van der Waals surface area (Å²) in [6, 6.07) is 12.9. The maximum absolute atomic E-state index is 12.4. The lowest BCUT2D eigenvalue weighted by Crippen LogP contribution is -2.24. The molecule has 0 radical (unpaired) electrons. The number of H-pyrrole nitrogens is 1. The van der Waals surface area contributed by atoms with Crippen LogP contribution in [0.25, 0.3) is 11.4 Å². The van der Waals surface area contributed by atoms with Crippen LogP contribution in [0.2, 0.25) is 5.02 Å². The second-order valence-corrected chi connectivity index (χ2v) is 5.94. The van der Waals surface area contributed by atoms with Crippen LogP contribution >= 0.6 is 11.6 Å². The molecule has 0 unspecified atom stereocenters. The normalized spacial score (nSPS) is 10.3. The third-order valence-corrected chi connectivity index (χ3v) is 3.96. The number of nitrogens with zero attached hydrogens (tertiary/aromatic N) is 1. The van der Waals surface area contributed by atoms with Crippen LogP contribution < -0.4 is 10.9 Å². The summed E-state index contributed by atoms with van der Waals surface area (Å²) in [6.45, 7) is 0. The number of anilines is 1. The molecule has 0 spiro atoms. The highest BCUT2D eigenvalue weighted by molar-refractivity contribution is 6.30. The lowest BCUT2D eigenvalue weighted by molar-refractivity contribution is 0.0600. The van der Waals surface area contributed by atoms with E-state index in [-0.39, 0.29) is 11.1 Å². The fourth-order valence-corrected chi connectivity index (χ4v) is 2.48. The Balaban J connectivity index is 1.82. The van der Waals surface area contributed by atoms with Crippen LogP contribution in [0.15, 0.2) is 59.5 Å². The van der Waals surface area contributed by atoms with Crippen molar-refractivity contribution in [2.75, 3.05) is 12.4 Å². The largest absolute Gasteiger partial charge is 0.465 e. The highest BCUT2D eigenvalue weighted by atomic mass is 35.5.